The molecule has 1 unspecified atom stereocenters. The van der Waals surface area contributed by atoms with E-state index in [0.717, 1.165) is 14.0 Å². The van der Waals surface area contributed by atoms with Crippen molar-refractivity contribution in [3.8, 4) is 0 Å². The molecule has 0 aromatic heterocycles. The summed E-state index contributed by atoms with van der Waals surface area (Å²) in [6.45, 7) is 0.941. The molecule has 6 N–H and O–H groups in total. The molecule has 0 aromatic carbocycles. The largest absolute Gasteiger partial charge is 0.400 e. The van der Waals surface area contributed by atoms with Crippen LogP contribution in [0.2, 0.25) is 0 Å². The Kier molecular flexibility index (Phi) is 5.62. The Morgan fingerprint density at radius 3 is 1.92 bits per heavy atom. The van der Waals surface area contributed by atoms with E-state index in [9.17, 15) is 8.42 Å². The molecule has 13 heavy (non-hydrogen) atoms. The van der Waals surface area contributed by atoms with E-state index < -0.39 is 22.5 Å². The van der Waals surface area contributed by atoms with E-state index in [1.807, 2.05) is 0 Å². The van der Waals surface area contributed by atoms with Crippen LogP contribution in [0.5, 0.6) is 0 Å². The fraction of sp³-hybridized carbons (Fsp3) is 1.00. The predicted octanol–water partition coefficient (Wildman–Crippen LogP) is -1.92. The zero-order valence-electron chi connectivity index (χ0n) is 7.17. The number of hydrogen-bond acceptors (Lipinski definition) is 8. The van der Waals surface area contributed by atoms with Crippen molar-refractivity contribution in [2.45, 2.75) is 19.0 Å². The summed E-state index contributed by atoms with van der Waals surface area (Å²) in [5, 5.41) is 25.2. The van der Waals surface area contributed by atoms with E-state index in [1.54, 1.807) is 0 Å². The first-order valence-corrected chi connectivity index (χ1v) is 4.18. The second-order valence-corrected chi connectivity index (χ2v) is 3.34. The molecule has 0 aliphatic carbocycles. The van der Waals surface area contributed by atoms with Crippen LogP contribution in [0.1, 0.15) is 6.92 Å². The summed E-state index contributed by atoms with van der Waals surface area (Å²) in [7, 11) is -3.45. The molecule has 0 amide bonds. The lowest BCUT2D eigenvalue weighted by molar-refractivity contribution is -0.346. The topological polar surface area (TPSA) is 148 Å². The van der Waals surface area contributed by atoms with Gasteiger partial charge in [-0.2, -0.15) is 8.42 Å². The lowest BCUT2D eigenvalue weighted by Gasteiger charge is -2.20. The molecular weight excluding hydrogens is 206 g/mol. The Morgan fingerprint density at radius 1 is 1.31 bits per heavy atom. The van der Waals surface area contributed by atoms with Crippen LogP contribution in [-0.4, -0.2) is 42.9 Å². The first kappa shape index (κ1) is 15.2. The van der Waals surface area contributed by atoms with Crippen LogP contribution >= 0.6 is 0 Å². The van der Waals surface area contributed by atoms with Crippen molar-refractivity contribution in [3.63, 3.8) is 0 Å². The van der Waals surface area contributed by atoms with E-state index in [1.165, 1.54) is 0 Å². The van der Waals surface area contributed by atoms with Crippen LogP contribution in [0.25, 0.3) is 0 Å². The third kappa shape index (κ3) is 5.87. The van der Waals surface area contributed by atoms with Crippen molar-refractivity contribution in [1.29, 1.82) is 0 Å². The molecular formula is C4H13NO7S. The van der Waals surface area contributed by atoms with Crippen LogP contribution in [0.15, 0.2) is 0 Å². The number of hydrogen-bond donors (Lipinski definition) is 4. The maximum atomic E-state index is 10.5. The summed E-state index contributed by atoms with van der Waals surface area (Å²) < 4.78 is 28.7. The third-order valence-electron chi connectivity index (χ3n) is 1.01. The highest BCUT2D eigenvalue weighted by molar-refractivity contribution is 7.81. The van der Waals surface area contributed by atoms with Gasteiger partial charge in [-0.1, -0.05) is 0 Å². The number of rotatable bonds is 4. The van der Waals surface area contributed by atoms with Gasteiger partial charge in [0.2, 0.25) is 0 Å². The fourth-order valence-electron chi connectivity index (χ4n) is 0.281. The molecule has 1 atom stereocenters. The molecule has 0 saturated heterocycles. The average molecular weight is 219 g/mol. The minimum Gasteiger partial charge on any atom is -0.344 e. The second kappa shape index (κ2) is 4.81. The minimum atomic E-state index is -4.28. The molecule has 0 bridgehead atoms. The van der Waals surface area contributed by atoms with E-state index >= 15 is 0 Å². The third-order valence-corrected chi connectivity index (χ3v) is 1.94. The van der Waals surface area contributed by atoms with Crippen molar-refractivity contribution in [3.05, 3.63) is 0 Å². The lowest BCUT2D eigenvalue weighted by atomic mass is 10.3. The molecule has 0 aliphatic heterocycles. The summed E-state index contributed by atoms with van der Waals surface area (Å²) >= 11 is 0. The van der Waals surface area contributed by atoms with Gasteiger partial charge in [-0.05, 0) is 6.92 Å². The normalized spacial score (nSPS) is 14.8. The monoisotopic (exact) mass is 219 g/mol. The standard InChI is InChI=1S/C4H10O7S.H3N/c1-3(4(5,6)7)11-12(8,9)10-2;/h3,5-7H,1-2H3;1H3. The highest BCUT2D eigenvalue weighted by atomic mass is 32.3. The Morgan fingerprint density at radius 2 is 1.69 bits per heavy atom. The van der Waals surface area contributed by atoms with E-state index in [2.05, 4.69) is 8.37 Å². The average Bonchev–Trinajstić information content (AvgIpc) is 1.85. The molecule has 0 saturated carbocycles. The van der Waals surface area contributed by atoms with Gasteiger partial charge in [-0.25, -0.2) is 4.18 Å². The zero-order chi connectivity index (χ0) is 9.99. The van der Waals surface area contributed by atoms with Crippen molar-refractivity contribution in [2.75, 3.05) is 7.11 Å². The second-order valence-electron chi connectivity index (χ2n) is 2.00. The molecule has 0 rings (SSSR count). The Bertz CT molecular complexity index is 229. The first-order chi connectivity index (χ1) is 5.19. The maximum absolute atomic E-state index is 10.5. The van der Waals surface area contributed by atoms with Crippen LogP contribution in [0.4, 0.5) is 0 Å². The Balaban J connectivity index is 0. The van der Waals surface area contributed by atoms with Gasteiger partial charge in [-0.3, -0.25) is 4.18 Å². The summed E-state index contributed by atoms with van der Waals surface area (Å²) in [5.74, 6) is -3.22. The molecule has 0 fully saturated rings. The molecule has 0 radical (unpaired) electrons. The fourth-order valence-corrected chi connectivity index (χ4v) is 0.842. The molecule has 0 spiro atoms. The summed E-state index contributed by atoms with van der Waals surface area (Å²) in [5.41, 5.74) is 0. The van der Waals surface area contributed by atoms with Gasteiger partial charge in [0.15, 0.2) is 6.10 Å². The van der Waals surface area contributed by atoms with Crippen molar-refractivity contribution >= 4 is 10.4 Å². The van der Waals surface area contributed by atoms with Gasteiger partial charge in [0, 0.05) is 0 Å². The van der Waals surface area contributed by atoms with Gasteiger partial charge >= 0.3 is 16.4 Å². The Hall–Kier alpha value is -0.290. The van der Waals surface area contributed by atoms with Crippen molar-refractivity contribution in [1.82, 2.24) is 6.15 Å². The first-order valence-electron chi connectivity index (χ1n) is 2.85. The van der Waals surface area contributed by atoms with Crippen molar-refractivity contribution < 1.29 is 32.1 Å². The van der Waals surface area contributed by atoms with Gasteiger partial charge in [0.1, 0.15) is 0 Å². The molecule has 9 heteroatoms. The smallest absolute Gasteiger partial charge is 0.344 e. The highest BCUT2D eigenvalue weighted by Gasteiger charge is 2.33. The predicted molar refractivity (Wildman–Crippen MR) is 40.9 cm³/mol. The highest BCUT2D eigenvalue weighted by Crippen LogP contribution is 2.09. The number of aliphatic hydroxyl groups is 3. The van der Waals surface area contributed by atoms with Crippen LogP contribution in [-0.2, 0) is 18.8 Å². The van der Waals surface area contributed by atoms with E-state index in [4.69, 9.17) is 15.3 Å². The van der Waals surface area contributed by atoms with Gasteiger partial charge in [0.25, 0.3) is 0 Å². The maximum Gasteiger partial charge on any atom is 0.400 e. The van der Waals surface area contributed by atoms with Crippen molar-refractivity contribution in [2.24, 2.45) is 0 Å². The van der Waals surface area contributed by atoms with Gasteiger partial charge in [-0.15, -0.1) is 0 Å². The van der Waals surface area contributed by atoms with Gasteiger partial charge < -0.3 is 21.5 Å². The van der Waals surface area contributed by atoms with Crippen LogP contribution < -0.4 is 6.15 Å². The molecule has 82 valence electrons. The summed E-state index contributed by atoms with van der Waals surface area (Å²) in [4.78, 5) is 0. The zero-order valence-corrected chi connectivity index (χ0v) is 7.98. The quantitative estimate of drug-likeness (QED) is 0.399. The lowest BCUT2D eigenvalue weighted by Crippen LogP contribution is -2.42. The van der Waals surface area contributed by atoms with Crippen LogP contribution in [0, 0.1) is 0 Å². The summed E-state index contributed by atoms with van der Waals surface area (Å²) in [6.07, 6.45) is -1.73. The molecule has 0 aromatic rings. The van der Waals surface area contributed by atoms with E-state index in [-0.39, 0.29) is 6.15 Å². The minimum absolute atomic E-state index is 0. The molecule has 8 nitrogen and oxygen atoms in total. The Labute approximate surface area is 75.6 Å². The SMILES string of the molecule is COS(=O)(=O)OC(C)C(O)(O)O.N. The van der Waals surface area contributed by atoms with Crippen LogP contribution in [0.3, 0.4) is 0 Å². The molecule has 0 aliphatic rings. The van der Waals surface area contributed by atoms with Gasteiger partial charge in [0.05, 0.1) is 7.11 Å². The molecule has 0 heterocycles. The van der Waals surface area contributed by atoms with E-state index in [0.29, 0.717) is 0 Å². The summed E-state index contributed by atoms with van der Waals surface area (Å²) in [6, 6.07) is 0.